The van der Waals surface area contributed by atoms with Gasteiger partial charge in [0, 0.05) is 0 Å². The molecule has 0 saturated heterocycles. The van der Waals surface area contributed by atoms with Gasteiger partial charge in [-0.15, -0.1) is 0 Å². The predicted molar refractivity (Wildman–Crippen MR) is 84.2 cm³/mol. The zero-order valence-corrected chi connectivity index (χ0v) is 11.5. The molecule has 0 heteroatoms. The fourth-order valence-corrected chi connectivity index (χ4v) is 3.23. The van der Waals surface area contributed by atoms with Crippen LogP contribution in [0.2, 0.25) is 0 Å². The van der Waals surface area contributed by atoms with Crippen molar-refractivity contribution >= 4 is 5.57 Å². The lowest BCUT2D eigenvalue weighted by Gasteiger charge is -2.14. The second-order valence-electron chi connectivity index (χ2n) is 5.88. The number of fused-ring (bicyclic) bond motifs is 1. The molecule has 20 heavy (non-hydrogen) atoms. The van der Waals surface area contributed by atoms with E-state index in [1.54, 1.807) is 5.57 Å². The second-order valence-corrected chi connectivity index (χ2v) is 5.88. The van der Waals surface area contributed by atoms with Crippen molar-refractivity contribution < 1.29 is 0 Å². The third kappa shape index (κ3) is 2.22. The Morgan fingerprint density at radius 1 is 0.850 bits per heavy atom. The molecule has 1 fully saturated rings. The molecule has 4 rings (SSSR count). The smallest absolute Gasteiger partial charge is 0.00608 e. The molecule has 0 heterocycles. The Kier molecular flexibility index (Phi) is 2.81. The second kappa shape index (κ2) is 4.79. The van der Waals surface area contributed by atoms with E-state index in [-0.39, 0.29) is 0 Å². The summed E-state index contributed by atoms with van der Waals surface area (Å²) in [5, 5.41) is 0. The average Bonchev–Trinajstić information content (AvgIpc) is 3.29. The van der Waals surface area contributed by atoms with Gasteiger partial charge >= 0.3 is 0 Å². The van der Waals surface area contributed by atoms with Crippen molar-refractivity contribution in [2.75, 3.05) is 0 Å². The molecule has 2 aliphatic rings. The summed E-state index contributed by atoms with van der Waals surface area (Å²) in [7, 11) is 0. The number of hydrogen-bond acceptors (Lipinski definition) is 0. The summed E-state index contributed by atoms with van der Waals surface area (Å²) in [6, 6.07) is 21.6. The van der Waals surface area contributed by atoms with Crippen LogP contribution >= 0.6 is 0 Å². The van der Waals surface area contributed by atoms with Crippen LogP contribution < -0.4 is 0 Å². The molecule has 2 unspecified atom stereocenters. The van der Waals surface area contributed by atoms with Gasteiger partial charge in [-0.05, 0) is 41.4 Å². The van der Waals surface area contributed by atoms with Crippen LogP contribution in [0.4, 0.5) is 0 Å². The van der Waals surface area contributed by atoms with E-state index >= 15 is 0 Å². The van der Waals surface area contributed by atoms with Crippen LogP contribution in [0.1, 0.15) is 17.5 Å². The maximum atomic E-state index is 2.47. The van der Waals surface area contributed by atoms with Crippen molar-refractivity contribution in [2.24, 2.45) is 11.8 Å². The monoisotopic (exact) mass is 258 g/mol. The zero-order valence-electron chi connectivity index (χ0n) is 11.5. The Labute approximate surface area is 120 Å². The molecule has 0 N–H and O–H groups in total. The first-order chi connectivity index (χ1) is 9.90. The summed E-state index contributed by atoms with van der Waals surface area (Å²) in [6.07, 6.45) is 7.34. The van der Waals surface area contributed by atoms with E-state index in [4.69, 9.17) is 0 Å². The minimum absolute atomic E-state index is 0.786. The normalized spacial score (nSPS) is 23.6. The molecule has 0 aromatic heterocycles. The van der Waals surface area contributed by atoms with E-state index in [1.807, 2.05) is 0 Å². The van der Waals surface area contributed by atoms with Gasteiger partial charge in [-0.1, -0.05) is 78.4 Å². The number of hydrogen-bond donors (Lipinski definition) is 0. The molecular formula is C20H18. The minimum atomic E-state index is 0.786. The molecule has 0 nitrogen and oxygen atoms in total. The van der Waals surface area contributed by atoms with Gasteiger partial charge in [-0.3, -0.25) is 0 Å². The van der Waals surface area contributed by atoms with E-state index in [0.29, 0.717) is 0 Å². The van der Waals surface area contributed by atoms with E-state index < -0.39 is 0 Å². The number of benzene rings is 2. The topological polar surface area (TPSA) is 0 Å². The average molecular weight is 258 g/mol. The lowest BCUT2D eigenvalue weighted by Crippen LogP contribution is -2.00. The Bertz CT molecular complexity index is 662. The van der Waals surface area contributed by atoms with Crippen LogP contribution in [-0.2, 0) is 6.42 Å². The van der Waals surface area contributed by atoms with Crippen LogP contribution in [-0.4, -0.2) is 0 Å². The molecule has 0 amide bonds. The third-order valence-electron chi connectivity index (χ3n) is 4.41. The Balaban J connectivity index is 1.64. The Morgan fingerprint density at radius 2 is 1.55 bits per heavy atom. The van der Waals surface area contributed by atoms with E-state index in [2.05, 4.69) is 72.8 Å². The molecule has 0 spiro atoms. The molecule has 1 saturated carbocycles. The molecule has 2 aliphatic carbocycles. The summed E-state index contributed by atoms with van der Waals surface area (Å²) >= 11 is 0. The lowest BCUT2D eigenvalue weighted by molar-refractivity contribution is 0.868. The van der Waals surface area contributed by atoms with Crippen LogP contribution in [0.15, 0.2) is 78.4 Å². The van der Waals surface area contributed by atoms with Gasteiger partial charge in [0.15, 0.2) is 0 Å². The first-order valence-corrected chi connectivity index (χ1v) is 7.42. The zero-order chi connectivity index (χ0) is 13.4. The fraction of sp³-hybridized carbons (Fsp3) is 0.200. The van der Waals surface area contributed by atoms with E-state index in [1.165, 1.54) is 23.1 Å². The third-order valence-corrected chi connectivity index (χ3v) is 4.41. The van der Waals surface area contributed by atoms with E-state index in [9.17, 15) is 0 Å². The maximum absolute atomic E-state index is 2.47. The largest absolute Gasteiger partial charge is 0.0729 e. The molecule has 2 aromatic rings. The number of allylic oxidation sites excluding steroid dienone is 4. The van der Waals surface area contributed by atoms with Crippen molar-refractivity contribution in [2.45, 2.75) is 12.8 Å². The van der Waals surface area contributed by atoms with Crippen LogP contribution in [0.5, 0.6) is 0 Å². The minimum Gasteiger partial charge on any atom is -0.0729 e. The van der Waals surface area contributed by atoms with Crippen LogP contribution in [0.25, 0.3) is 5.57 Å². The predicted octanol–water partition coefficient (Wildman–Crippen LogP) is 4.89. The van der Waals surface area contributed by atoms with Crippen LogP contribution in [0, 0.1) is 11.8 Å². The van der Waals surface area contributed by atoms with Gasteiger partial charge in [-0.25, -0.2) is 0 Å². The van der Waals surface area contributed by atoms with Crippen LogP contribution in [0.3, 0.4) is 0 Å². The molecule has 0 aliphatic heterocycles. The van der Waals surface area contributed by atoms with Gasteiger partial charge < -0.3 is 0 Å². The van der Waals surface area contributed by atoms with Gasteiger partial charge in [0.05, 0.1) is 0 Å². The highest BCUT2D eigenvalue weighted by molar-refractivity contribution is 5.77. The van der Waals surface area contributed by atoms with Gasteiger partial charge in [-0.2, -0.15) is 0 Å². The summed E-state index contributed by atoms with van der Waals surface area (Å²) < 4.78 is 0. The first kappa shape index (κ1) is 11.7. The Hall–Kier alpha value is -2.08. The van der Waals surface area contributed by atoms with E-state index in [0.717, 1.165) is 18.3 Å². The SMILES string of the molecule is C1=C(c2ccccc2)C=C(Cc2ccccc2)C2CC12. The summed E-state index contributed by atoms with van der Waals surface area (Å²) in [5.74, 6) is 1.59. The van der Waals surface area contributed by atoms with Gasteiger partial charge in [0.2, 0.25) is 0 Å². The Morgan fingerprint density at radius 3 is 2.30 bits per heavy atom. The highest BCUT2D eigenvalue weighted by Crippen LogP contribution is 2.51. The standard InChI is InChI=1S/C20H18/c1-3-7-15(8-4-1)11-18-12-17(13-19-14-20(18)19)16-9-5-2-6-10-16/h1-10,12-13,19-20H,11,14H2. The fourth-order valence-electron chi connectivity index (χ4n) is 3.23. The summed E-state index contributed by atoms with van der Waals surface area (Å²) in [6.45, 7) is 0. The van der Waals surface area contributed by atoms with Crippen molar-refractivity contribution in [3.8, 4) is 0 Å². The molecule has 2 atom stereocenters. The molecule has 2 aromatic carbocycles. The highest BCUT2D eigenvalue weighted by Gasteiger charge is 2.40. The molecule has 0 bridgehead atoms. The first-order valence-electron chi connectivity index (χ1n) is 7.42. The van der Waals surface area contributed by atoms with Crippen molar-refractivity contribution in [1.82, 2.24) is 0 Å². The quantitative estimate of drug-likeness (QED) is 0.735. The van der Waals surface area contributed by atoms with Gasteiger partial charge in [0.25, 0.3) is 0 Å². The van der Waals surface area contributed by atoms with Crippen molar-refractivity contribution in [3.05, 3.63) is 89.5 Å². The van der Waals surface area contributed by atoms with Crippen molar-refractivity contribution in [3.63, 3.8) is 0 Å². The number of rotatable bonds is 3. The molecule has 0 radical (unpaired) electrons. The summed E-state index contributed by atoms with van der Waals surface area (Å²) in [4.78, 5) is 0. The van der Waals surface area contributed by atoms with Crippen molar-refractivity contribution in [1.29, 1.82) is 0 Å². The summed E-state index contributed by atoms with van der Waals surface area (Å²) in [5.41, 5.74) is 5.81. The lowest BCUT2D eigenvalue weighted by atomic mass is 9.91. The maximum Gasteiger partial charge on any atom is -0.00608 e. The molecule has 98 valence electrons. The van der Waals surface area contributed by atoms with Gasteiger partial charge in [0.1, 0.15) is 0 Å². The molecular weight excluding hydrogens is 240 g/mol. The highest BCUT2D eigenvalue weighted by atomic mass is 14.4.